The lowest BCUT2D eigenvalue weighted by Gasteiger charge is -2.18. The molecular formula is C10H7F6N3O. The Labute approximate surface area is 108 Å². The van der Waals surface area contributed by atoms with Gasteiger partial charge in [0.1, 0.15) is 0 Å². The topological polar surface area (TPSA) is 71.9 Å². The average molecular weight is 299 g/mol. The van der Waals surface area contributed by atoms with Crippen LogP contribution in [0.15, 0.2) is 6.20 Å². The molecule has 0 atom stereocenters. The SMILES string of the molecule is N#CCc1c(CN)cnc(C(F)(F)F)c1OC(F)(F)F. The van der Waals surface area contributed by atoms with Gasteiger partial charge in [0.05, 0.1) is 12.5 Å². The van der Waals surface area contributed by atoms with Crippen LogP contribution in [0, 0.1) is 11.3 Å². The van der Waals surface area contributed by atoms with Crippen LogP contribution in [0.3, 0.4) is 0 Å². The zero-order chi connectivity index (χ0) is 15.6. The highest BCUT2D eigenvalue weighted by molar-refractivity contribution is 5.45. The molecule has 1 aromatic rings. The molecule has 0 saturated carbocycles. The van der Waals surface area contributed by atoms with E-state index in [0.29, 0.717) is 6.20 Å². The van der Waals surface area contributed by atoms with Crippen LogP contribution in [-0.2, 0) is 19.1 Å². The fourth-order valence-corrected chi connectivity index (χ4v) is 1.44. The number of halogens is 6. The van der Waals surface area contributed by atoms with Gasteiger partial charge in [-0.25, -0.2) is 4.98 Å². The lowest BCUT2D eigenvalue weighted by molar-refractivity contribution is -0.276. The summed E-state index contributed by atoms with van der Waals surface area (Å²) in [5.74, 6) is -1.53. The van der Waals surface area contributed by atoms with Crippen molar-refractivity contribution < 1.29 is 31.1 Å². The second-order valence-electron chi connectivity index (χ2n) is 3.52. The Balaban J connectivity index is 3.55. The minimum Gasteiger partial charge on any atom is -0.403 e. The lowest BCUT2D eigenvalue weighted by atomic mass is 10.0. The van der Waals surface area contributed by atoms with Crippen LogP contribution in [0.5, 0.6) is 5.75 Å². The fourth-order valence-electron chi connectivity index (χ4n) is 1.44. The lowest BCUT2D eigenvalue weighted by Crippen LogP contribution is -2.23. The van der Waals surface area contributed by atoms with Gasteiger partial charge in [-0.15, -0.1) is 13.2 Å². The first-order valence-corrected chi connectivity index (χ1v) is 5.01. The number of nitriles is 1. The number of hydrogen-bond acceptors (Lipinski definition) is 4. The van der Waals surface area contributed by atoms with Crippen LogP contribution >= 0.6 is 0 Å². The molecule has 0 saturated heterocycles. The predicted octanol–water partition coefficient (Wildman–Crippen LogP) is 2.52. The van der Waals surface area contributed by atoms with Crippen LogP contribution in [-0.4, -0.2) is 11.3 Å². The normalized spacial score (nSPS) is 12.1. The van der Waals surface area contributed by atoms with E-state index in [4.69, 9.17) is 11.0 Å². The maximum atomic E-state index is 12.7. The molecule has 2 N–H and O–H groups in total. The Morgan fingerprint density at radius 2 is 1.85 bits per heavy atom. The maximum Gasteiger partial charge on any atom is 0.573 e. The summed E-state index contributed by atoms with van der Waals surface area (Å²) in [6.07, 6.45) is -10.5. The van der Waals surface area contributed by atoms with Gasteiger partial charge in [0.25, 0.3) is 0 Å². The van der Waals surface area contributed by atoms with Crippen molar-refractivity contribution in [3.05, 3.63) is 23.0 Å². The van der Waals surface area contributed by atoms with Gasteiger partial charge >= 0.3 is 12.5 Å². The van der Waals surface area contributed by atoms with Crippen molar-refractivity contribution in [3.8, 4) is 11.8 Å². The van der Waals surface area contributed by atoms with E-state index in [1.807, 2.05) is 0 Å². The number of alkyl halides is 6. The van der Waals surface area contributed by atoms with Gasteiger partial charge < -0.3 is 10.5 Å². The average Bonchev–Trinajstić information content (AvgIpc) is 2.27. The molecule has 0 aliphatic heterocycles. The number of nitrogens with zero attached hydrogens (tertiary/aromatic N) is 2. The number of nitrogens with two attached hydrogens (primary N) is 1. The van der Waals surface area contributed by atoms with Gasteiger partial charge in [-0.1, -0.05) is 0 Å². The first kappa shape index (κ1) is 16.0. The molecule has 0 radical (unpaired) electrons. The zero-order valence-electron chi connectivity index (χ0n) is 9.64. The molecule has 0 bridgehead atoms. The van der Waals surface area contributed by atoms with Crippen molar-refractivity contribution in [1.82, 2.24) is 4.98 Å². The van der Waals surface area contributed by atoms with E-state index in [-0.39, 0.29) is 12.1 Å². The predicted molar refractivity (Wildman–Crippen MR) is 53.1 cm³/mol. The molecule has 0 unspecified atom stereocenters. The van der Waals surface area contributed by atoms with Crippen LogP contribution in [0.4, 0.5) is 26.3 Å². The molecule has 4 nitrogen and oxygen atoms in total. The van der Waals surface area contributed by atoms with Crippen molar-refractivity contribution in [3.63, 3.8) is 0 Å². The largest absolute Gasteiger partial charge is 0.573 e. The molecule has 1 rings (SSSR count). The van der Waals surface area contributed by atoms with Crippen LogP contribution in [0.25, 0.3) is 0 Å². The van der Waals surface area contributed by atoms with Crippen molar-refractivity contribution in [1.29, 1.82) is 5.26 Å². The third kappa shape index (κ3) is 3.74. The van der Waals surface area contributed by atoms with Gasteiger partial charge in [0.15, 0.2) is 11.4 Å². The molecule has 20 heavy (non-hydrogen) atoms. The highest BCUT2D eigenvalue weighted by atomic mass is 19.4. The summed E-state index contributed by atoms with van der Waals surface area (Å²) in [6, 6.07) is 1.47. The summed E-state index contributed by atoms with van der Waals surface area (Å²) in [5.41, 5.74) is 2.65. The maximum absolute atomic E-state index is 12.7. The monoisotopic (exact) mass is 299 g/mol. The first-order chi connectivity index (χ1) is 9.10. The van der Waals surface area contributed by atoms with Crippen LogP contribution < -0.4 is 10.5 Å². The number of pyridine rings is 1. The molecule has 0 aromatic carbocycles. The number of hydrogen-bond donors (Lipinski definition) is 1. The van der Waals surface area contributed by atoms with Crippen molar-refractivity contribution in [2.45, 2.75) is 25.5 Å². The zero-order valence-corrected chi connectivity index (χ0v) is 9.64. The highest BCUT2D eigenvalue weighted by Crippen LogP contribution is 2.40. The number of aromatic nitrogens is 1. The van der Waals surface area contributed by atoms with E-state index in [1.165, 1.54) is 6.07 Å². The second-order valence-corrected chi connectivity index (χ2v) is 3.52. The molecule has 1 aromatic heterocycles. The number of ether oxygens (including phenoxy) is 1. The summed E-state index contributed by atoms with van der Waals surface area (Å²) in [6.45, 7) is -0.379. The quantitative estimate of drug-likeness (QED) is 0.870. The molecule has 0 amide bonds. The Morgan fingerprint density at radius 1 is 1.25 bits per heavy atom. The molecule has 1 heterocycles. The van der Waals surface area contributed by atoms with Gasteiger partial charge in [0.2, 0.25) is 0 Å². The molecule has 0 fully saturated rings. The standard InChI is InChI=1S/C10H7F6N3O/c11-9(12,13)8-7(20-10(14,15)16)6(1-2-17)5(3-18)4-19-8/h4H,1,3,18H2. The third-order valence-corrected chi connectivity index (χ3v) is 2.19. The van der Waals surface area contributed by atoms with E-state index >= 15 is 0 Å². The summed E-state index contributed by atoms with van der Waals surface area (Å²) in [5, 5.41) is 8.53. The van der Waals surface area contributed by atoms with Gasteiger partial charge in [-0.3, -0.25) is 0 Å². The fraction of sp³-hybridized carbons (Fsp3) is 0.400. The minimum atomic E-state index is -5.35. The summed E-state index contributed by atoms with van der Waals surface area (Å²) in [7, 11) is 0. The minimum absolute atomic E-state index is 0.126. The molecular weight excluding hydrogens is 292 g/mol. The molecule has 0 aliphatic carbocycles. The summed E-state index contributed by atoms with van der Waals surface area (Å²) >= 11 is 0. The number of rotatable bonds is 3. The summed E-state index contributed by atoms with van der Waals surface area (Å²) < 4.78 is 78.1. The summed E-state index contributed by atoms with van der Waals surface area (Å²) in [4.78, 5) is 2.91. The van der Waals surface area contributed by atoms with Gasteiger partial charge in [0, 0.05) is 18.3 Å². The van der Waals surface area contributed by atoms with Crippen molar-refractivity contribution in [2.75, 3.05) is 0 Å². The van der Waals surface area contributed by atoms with Gasteiger partial charge in [-0.2, -0.15) is 18.4 Å². The molecule has 0 aliphatic rings. The molecule has 110 valence electrons. The van der Waals surface area contributed by atoms with E-state index in [2.05, 4.69) is 9.72 Å². The van der Waals surface area contributed by atoms with E-state index in [0.717, 1.165) is 0 Å². The highest BCUT2D eigenvalue weighted by Gasteiger charge is 2.42. The third-order valence-electron chi connectivity index (χ3n) is 2.19. The van der Waals surface area contributed by atoms with Crippen molar-refractivity contribution in [2.24, 2.45) is 5.73 Å². The Hall–Kier alpha value is -2.02. The van der Waals surface area contributed by atoms with Gasteiger partial charge in [-0.05, 0) is 5.56 Å². The second kappa shape index (κ2) is 5.54. The molecule has 0 spiro atoms. The van der Waals surface area contributed by atoms with Crippen LogP contribution in [0.2, 0.25) is 0 Å². The van der Waals surface area contributed by atoms with Crippen molar-refractivity contribution >= 4 is 0 Å². The molecule has 10 heteroatoms. The Morgan fingerprint density at radius 3 is 2.25 bits per heavy atom. The Bertz CT molecular complexity index is 532. The van der Waals surface area contributed by atoms with E-state index in [9.17, 15) is 26.3 Å². The van der Waals surface area contributed by atoms with E-state index in [1.54, 1.807) is 0 Å². The van der Waals surface area contributed by atoms with Crippen LogP contribution in [0.1, 0.15) is 16.8 Å². The smallest absolute Gasteiger partial charge is 0.403 e. The Kier molecular flexibility index (Phi) is 4.44. The van der Waals surface area contributed by atoms with E-state index < -0.39 is 36.0 Å². The first-order valence-electron chi connectivity index (χ1n) is 5.01.